The van der Waals surface area contributed by atoms with E-state index in [9.17, 15) is 9.59 Å². The fourth-order valence-electron chi connectivity index (χ4n) is 2.79. The smallest absolute Gasteiger partial charge is 0.243 e. The average Bonchev–Trinajstić information content (AvgIpc) is 2.91. The Morgan fingerprint density at radius 3 is 2.77 bits per heavy atom. The first kappa shape index (κ1) is 13.1. The van der Waals surface area contributed by atoms with Gasteiger partial charge in [-0.05, 0) is 18.2 Å². The molecule has 1 aliphatic heterocycles. The maximum absolute atomic E-state index is 12.7. The molecule has 0 spiro atoms. The van der Waals surface area contributed by atoms with E-state index in [4.69, 9.17) is 16.0 Å². The molecule has 0 aliphatic carbocycles. The summed E-state index contributed by atoms with van der Waals surface area (Å²) in [6, 6.07) is 12.3. The average molecular weight is 312 g/mol. The van der Waals surface area contributed by atoms with Crippen molar-refractivity contribution < 1.29 is 14.0 Å². The predicted octanol–water partition coefficient (Wildman–Crippen LogP) is 4.00. The van der Waals surface area contributed by atoms with Gasteiger partial charge < -0.3 is 9.73 Å². The van der Waals surface area contributed by atoms with Crippen LogP contribution >= 0.6 is 11.6 Å². The van der Waals surface area contributed by atoms with E-state index in [2.05, 4.69) is 5.32 Å². The highest BCUT2D eigenvalue weighted by Crippen LogP contribution is 2.36. The molecule has 5 heteroatoms. The number of carbonyl (C=O) groups excluding carboxylic acids is 2. The first-order chi connectivity index (χ1) is 10.6. The Bertz CT molecular complexity index is 929. The van der Waals surface area contributed by atoms with Crippen LogP contribution in [0.4, 0.5) is 5.69 Å². The van der Waals surface area contributed by atoms with E-state index in [1.165, 1.54) is 0 Å². The molecule has 4 nitrogen and oxygen atoms in total. The Balaban J connectivity index is 1.88. The minimum Gasteiger partial charge on any atom is -0.467 e. The Hall–Kier alpha value is -2.59. The minimum absolute atomic E-state index is 0.282. The van der Waals surface area contributed by atoms with E-state index < -0.39 is 11.8 Å². The highest BCUT2D eigenvalue weighted by atomic mass is 35.5. The quantitative estimate of drug-likeness (QED) is 0.691. The molecule has 0 fully saturated rings. The Labute approximate surface area is 130 Å². The third kappa shape index (κ3) is 1.84. The van der Waals surface area contributed by atoms with Crippen LogP contribution in [-0.4, -0.2) is 11.7 Å². The number of hydrogen-bond acceptors (Lipinski definition) is 3. The van der Waals surface area contributed by atoms with Crippen LogP contribution in [0.15, 0.2) is 53.1 Å². The number of furan rings is 1. The molecular formula is C17H10ClNO3. The van der Waals surface area contributed by atoms with Crippen molar-refractivity contribution in [2.24, 2.45) is 0 Å². The first-order valence-corrected chi connectivity index (χ1v) is 7.14. The second kappa shape index (κ2) is 4.71. The van der Waals surface area contributed by atoms with E-state index in [0.717, 1.165) is 10.8 Å². The molecule has 3 aromatic rings. The lowest BCUT2D eigenvalue weighted by molar-refractivity contribution is -0.117. The van der Waals surface area contributed by atoms with Gasteiger partial charge in [0, 0.05) is 21.4 Å². The van der Waals surface area contributed by atoms with Crippen LogP contribution in [0.3, 0.4) is 0 Å². The molecule has 0 radical (unpaired) electrons. The summed E-state index contributed by atoms with van der Waals surface area (Å²) in [6.45, 7) is 0. The summed E-state index contributed by atoms with van der Waals surface area (Å²) in [5.41, 5.74) is 0.879. The molecule has 2 aromatic carbocycles. The van der Waals surface area contributed by atoms with Crippen LogP contribution in [0.5, 0.6) is 0 Å². The molecule has 1 atom stereocenters. The van der Waals surface area contributed by atoms with Crippen molar-refractivity contribution in [1.82, 2.24) is 0 Å². The Morgan fingerprint density at radius 2 is 1.91 bits per heavy atom. The zero-order chi connectivity index (χ0) is 15.3. The van der Waals surface area contributed by atoms with E-state index in [1.54, 1.807) is 24.5 Å². The normalized spacial score (nSPS) is 17.4. The number of benzene rings is 2. The van der Waals surface area contributed by atoms with Crippen molar-refractivity contribution in [3.63, 3.8) is 0 Å². The van der Waals surface area contributed by atoms with Crippen molar-refractivity contribution in [3.05, 3.63) is 65.1 Å². The molecule has 0 saturated heterocycles. The number of amides is 1. The fourth-order valence-corrected chi connectivity index (χ4v) is 2.96. The summed E-state index contributed by atoms with van der Waals surface area (Å²) in [7, 11) is 0. The number of anilines is 1. The molecule has 0 saturated carbocycles. The van der Waals surface area contributed by atoms with Gasteiger partial charge in [-0.1, -0.05) is 35.9 Å². The van der Waals surface area contributed by atoms with E-state index in [-0.39, 0.29) is 5.78 Å². The van der Waals surface area contributed by atoms with Crippen molar-refractivity contribution in [3.8, 4) is 0 Å². The number of nitrogens with one attached hydrogen (secondary N) is 1. The van der Waals surface area contributed by atoms with E-state index in [1.807, 2.05) is 24.3 Å². The molecule has 1 amide bonds. The molecule has 2 heterocycles. The highest BCUT2D eigenvalue weighted by molar-refractivity contribution is 6.32. The van der Waals surface area contributed by atoms with Crippen molar-refractivity contribution >= 4 is 39.8 Å². The number of ketones is 1. The van der Waals surface area contributed by atoms with Crippen LogP contribution in [0.1, 0.15) is 22.0 Å². The summed E-state index contributed by atoms with van der Waals surface area (Å²) >= 11 is 5.91. The van der Waals surface area contributed by atoms with Gasteiger partial charge in [-0.3, -0.25) is 9.59 Å². The van der Waals surface area contributed by atoms with Gasteiger partial charge in [-0.25, -0.2) is 0 Å². The summed E-state index contributed by atoms with van der Waals surface area (Å²) in [5, 5.41) is 4.83. The predicted molar refractivity (Wildman–Crippen MR) is 83.4 cm³/mol. The molecule has 0 bridgehead atoms. The SMILES string of the molecule is O=C1Nc2cc(Cl)ccc2C(=O)C1c1occ2ccccc12. The van der Waals surface area contributed by atoms with Crippen LogP contribution in [-0.2, 0) is 4.79 Å². The van der Waals surface area contributed by atoms with Crippen molar-refractivity contribution in [1.29, 1.82) is 0 Å². The summed E-state index contributed by atoms with van der Waals surface area (Å²) in [5.74, 6) is -1.29. The number of halogens is 1. The van der Waals surface area contributed by atoms with Crippen molar-refractivity contribution in [2.45, 2.75) is 5.92 Å². The molecule has 1 unspecified atom stereocenters. The Morgan fingerprint density at radius 1 is 1.09 bits per heavy atom. The number of hydrogen-bond donors (Lipinski definition) is 1. The van der Waals surface area contributed by atoms with Crippen LogP contribution in [0.2, 0.25) is 5.02 Å². The van der Waals surface area contributed by atoms with E-state index >= 15 is 0 Å². The van der Waals surface area contributed by atoms with Gasteiger partial charge in [0.05, 0.1) is 12.0 Å². The lowest BCUT2D eigenvalue weighted by atomic mass is 9.88. The van der Waals surface area contributed by atoms with Crippen LogP contribution in [0.25, 0.3) is 10.8 Å². The van der Waals surface area contributed by atoms with Gasteiger partial charge in [0.15, 0.2) is 11.7 Å². The summed E-state index contributed by atoms with van der Waals surface area (Å²) in [4.78, 5) is 25.1. The number of carbonyl (C=O) groups is 2. The summed E-state index contributed by atoms with van der Waals surface area (Å²) < 4.78 is 5.53. The third-order valence-electron chi connectivity index (χ3n) is 3.83. The molecular weight excluding hydrogens is 302 g/mol. The van der Waals surface area contributed by atoms with Gasteiger partial charge in [0.25, 0.3) is 0 Å². The third-order valence-corrected chi connectivity index (χ3v) is 4.07. The molecule has 22 heavy (non-hydrogen) atoms. The van der Waals surface area contributed by atoms with Gasteiger partial charge >= 0.3 is 0 Å². The van der Waals surface area contributed by atoms with Gasteiger partial charge in [-0.2, -0.15) is 0 Å². The van der Waals surface area contributed by atoms with Crippen molar-refractivity contribution in [2.75, 3.05) is 5.32 Å². The second-order valence-electron chi connectivity index (χ2n) is 5.16. The molecule has 1 N–H and O–H groups in total. The molecule has 1 aliphatic rings. The van der Waals surface area contributed by atoms with Gasteiger partial charge in [0.2, 0.25) is 5.91 Å². The molecule has 4 rings (SSSR count). The molecule has 1 aromatic heterocycles. The number of rotatable bonds is 1. The first-order valence-electron chi connectivity index (χ1n) is 6.76. The second-order valence-corrected chi connectivity index (χ2v) is 5.60. The van der Waals surface area contributed by atoms with Gasteiger partial charge in [0.1, 0.15) is 5.76 Å². The zero-order valence-corrected chi connectivity index (χ0v) is 12.1. The molecule has 108 valence electrons. The standard InChI is InChI=1S/C17H10ClNO3/c18-10-5-6-12-13(7-10)19-17(21)14(15(12)20)16-11-4-2-1-3-9(11)8-22-16/h1-8,14H,(H,19,21). The Kier molecular flexibility index (Phi) is 2.81. The fraction of sp³-hybridized carbons (Fsp3) is 0.0588. The largest absolute Gasteiger partial charge is 0.467 e. The number of Topliss-reactive ketones (excluding diaryl/α,β-unsaturated/α-hetero) is 1. The summed E-state index contributed by atoms with van der Waals surface area (Å²) in [6.07, 6.45) is 1.56. The maximum Gasteiger partial charge on any atom is 0.243 e. The zero-order valence-electron chi connectivity index (χ0n) is 11.3. The van der Waals surface area contributed by atoms with E-state index in [0.29, 0.717) is 22.0 Å². The number of fused-ring (bicyclic) bond motifs is 2. The lowest BCUT2D eigenvalue weighted by Gasteiger charge is -2.22. The van der Waals surface area contributed by atoms with Gasteiger partial charge in [-0.15, -0.1) is 0 Å². The minimum atomic E-state index is -0.978. The highest BCUT2D eigenvalue weighted by Gasteiger charge is 2.38. The van der Waals surface area contributed by atoms with Crippen LogP contribution < -0.4 is 5.32 Å². The lowest BCUT2D eigenvalue weighted by Crippen LogP contribution is -2.33. The monoisotopic (exact) mass is 311 g/mol. The topological polar surface area (TPSA) is 59.3 Å². The maximum atomic E-state index is 12.7. The van der Waals surface area contributed by atoms with Crippen LogP contribution in [0, 0.1) is 0 Å².